The number of phenols is 1. The monoisotopic (exact) mass is 662 g/mol. The molecule has 0 fully saturated rings. The van der Waals surface area contributed by atoms with Gasteiger partial charge in [0.2, 0.25) is 0 Å². The van der Waals surface area contributed by atoms with Gasteiger partial charge in [0.15, 0.2) is 0 Å². The van der Waals surface area contributed by atoms with Gasteiger partial charge in [0.1, 0.15) is 10.6 Å². The zero-order chi connectivity index (χ0) is 33.2. The summed E-state index contributed by atoms with van der Waals surface area (Å²) in [5.74, 6) is 0.0959. The van der Waals surface area contributed by atoms with Gasteiger partial charge in [-0.1, -0.05) is 6.07 Å². The van der Waals surface area contributed by atoms with Crippen LogP contribution in [0.15, 0.2) is 121 Å². The van der Waals surface area contributed by atoms with Gasteiger partial charge in [-0.2, -0.15) is 27.1 Å². The molecule has 0 unspecified atom stereocenters. The number of hydrogen-bond donors (Lipinski definition) is 4. The van der Waals surface area contributed by atoms with Gasteiger partial charge in [0.05, 0.1) is 38.3 Å². The van der Waals surface area contributed by atoms with Crippen molar-refractivity contribution in [3.8, 4) is 5.75 Å². The van der Waals surface area contributed by atoms with Crippen molar-refractivity contribution in [2.45, 2.75) is 16.7 Å². The molecule has 0 atom stereocenters. The lowest BCUT2D eigenvalue weighted by Gasteiger charge is -2.10. The molecule has 0 saturated heterocycles. The number of nitrogens with one attached hydrogen (secondary N) is 1. The third kappa shape index (κ3) is 7.19. The SMILES string of the molecule is Cc1cc(N=Nc2ccc(N=Nc3ccc(Nc4ccc([N+](=O)[O-])cc4S(=O)(=O)O)cc3)c3ccc(S(=O)(=O)O)cc23)ccc1O. The van der Waals surface area contributed by atoms with Gasteiger partial charge in [-0.25, -0.2) is 0 Å². The molecule has 0 spiro atoms. The molecule has 0 heterocycles. The fourth-order valence-electron chi connectivity index (χ4n) is 4.26. The largest absolute Gasteiger partial charge is 0.508 e. The van der Waals surface area contributed by atoms with Crippen molar-refractivity contribution in [1.29, 1.82) is 0 Å². The minimum absolute atomic E-state index is 0.0870. The maximum atomic E-state index is 11.8. The van der Waals surface area contributed by atoms with Crippen LogP contribution in [0, 0.1) is 17.0 Å². The Balaban J connectivity index is 1.44. The van der Waals surface area contributed by atoms with Crippen molar-refractivity contribution in [2.24, 2.45) is 20.5 Å². The molecule has 234 valence electrons. The molecule has 0 radical (unpaired) electrons. The third-order valence-corrected chi connectivity index (χ3v) is 8.31. The maximum Gasteiger partial charge on any atom is 0.296 e. The second-order valence-electron chi connectivity index (χ2n) is 9.74. The first-order chi connectivity index (χ1) is 21.7. The third-order valence-electron chi connectivity index (χ3n) is 6.57. The Labute approximate surface area is 261 Å². The predicted molar refractivity (Wildman–Crippen MR) is 168 cm³/mol. The first kappa shape index (κ1) is 31.8. The van der Waals surface area contributed by atoms with Crippen molar-refractivity contribution < 1.29 is 36.0 Å². The average molecular weight is 663 g/mol. The minimum Gasteiger partial charge on any atom is -0.508 e. The average Bonchev–Trinajstić information content (AvgIpc) is 3.00. The fourth-order valence-corrected chi connectivity index (χ4v) is 5.44. The molecular formula is C29H22N6O9S2. The molecule has 0 aliphatic heterocycles. The first-order valence-corrected chi connectivity index (χ1v) is 15.9. The number of aromatic hydroxyl groups is 1. The molecule has 4 N–H and O–H groups in total. The summed E-state index contributed by atoms with van der Waals surface area (Å²) in [7, 11) is -9.32. The highest BCUT2D eigenvalue weighted by Gasteiger charge is 2.20. The topological polar surface area (TPSA) is 234 Å². The Morgan fingerprint density at radius 3 is 1.93 bits per heavy atom. The van der Waals surface area contributed by atoms with E-state index in [4.69, 9.17) is 0 Å². The van der Waals surface area contributed by atoms with Gasteiger partial charge in [-0.3, -0.25) is 19.2 Å². The Bertz CT molecular complexity index is 2290. The maximum absolute atomic E-state index is 11.8. The molecule has 5 rings (SSSR count). The quantitative estimate of drug-likeness (QED) is 0.0516. The van der Waals surface area contributed by atoms with Crippen LogP contribution < -0.4 is 5.32 Å². The summed E-state index contributed by atoms with van der Waals surface area (Å²) in [6.45, 7) is 1.70. The number of phenolic OH excluding ortho intramolecular Hbond substituents is 1. The van der Waals surface area contributed by atoms with E-state index < -0.39 is 35.7 Å². The second kappa shape index (κ2) is 12.4. The summed E-state index contributed by atoms with van der Waals surface area (Å²) in [5, 5.41) is 41.2. The van der Waals surface area contributed by atoms with Gasteiger partial charge in [0.25, 0.3) is 25.9 Å². The van der Waals surface area contributed by atoms with E-state index in [-0.39, 0.29) is 22.0 Å². The fraction of sp³-hybridized carbons (Fsp3) is 0.0345. The Morgan fingerprint density at radius 2 is 1.33 bits per heavy atom. The summed E-state index contributed by atoms with van der Waals surface area (Å²) >= 11 is 0. The van der Waals surface area contributed by atoms with Crippen LogP contribution in [-0.4, -0.2) is 36.0 Å². The molecule has 0 aliphatic rings. The van der Waals surface area contributed by atoms with Crippen LogP contribution in [0.5, 0.6) is 5.75 Å². The zero-order valence-electron chi connectivity index (χ0n) is 23.5. The molecule has 5 aromatic carbocycles. The lowest BCUT2D eigenvalue weighted by molar-refractivity contribution is -0.385. The van der Waals surface area contributed by atoms with Crippen molar-refractivity contribution >= 4 is 70.8 Å². The number of aryl methyl sites for hydroxylation is 1. The number of nitro groups is 1. The number of benzene rings is 5. The van der Waals surface area contributed by atoms with E-state index in [1.807, 2.05) is 0 Å². The van der Waals surface area contributed by atoms with Gasteiger partial charge in [-0.05, 0) is 85.3 Å². The lowest BCUT2D eigenvalue weighted by Crippen LogP contribution is -2.04. The molecular weight excluding hydrogens is 640 g/mol. The Morgan fingerprint density at radius 1 is 0.696 bits per heavy atom. The number of non-ortho nitro benzene ring substituents is 1. The van der Waals surface area contributed by atoms with Crippen LogP contribution in [0.1, 0.15) is 5.56 Å². The van der Waals surface area contributed by atoms with Crippen molar-refractivity contribution in [3.05, 3.63) is 107 Å². The molecule has 0 aromatic heterocycles. The standard InChI is InChI=1S/C29H22N6O9S2/c1-17-14-20(6-13-28(17)36)32-34-26-12-11-25(23-9-8-22(16-24(23)26)45(39,40)41)33-31-19-4-2-18(3-5-19)30-27-10-7-21(35(37)38)15-29(27)46(42,43)44/h2-16,30,36H,1H3,(H,39,40,41)(H,42,43,44). The molecule has 15 nitrogen and oxygen atoms in total. The lowest BCUT2D eigenvalue weighted by atomic mass is 10.1. The molecule has 17 heteroatoms. The molecule has 0 bridgehead atoms. The highest BCUT2D eigenvalue weighted by Crippen LogP contribution is 2.37. The molecule has 5 aromatic rings. The Kier molecular flexibility index (Phi) is 8.57. The van der Waals surface area contributed by atoms with Crippen LogP contribution in [0.2, 0.25) is 0 Å². The van der Waals surface area contributed by atoms with Crippen LogP contribution in [0.25, 0.3) is 10.8 Å². The van der Waals surface area contributed by atoms with Crippen LogP contribution >= 0.6 is 0 Å². The Hall–Kier alpha value is -5.62. The van der Waals surface area contributed by atoms with Gasteiger partial charge in [-0.15, -0.1) is 10.2 Å². The highest BCUT2D eigenvalue weighted by molar-refractivity contribution is 7.86. The van der Waals surface area contributed by atoms with Crippen LogP contribution in [0.3, 0.4) is 0 Å². The second-order valence-corrected chi connectivity index (χ2v) is 12.6. The highest BCUT2D eigenvalue weighted by atomic mass is 32.2. The number of rotatable bonds is 9. The summed E-state index contributed by atoms with van der Waals surface area (Å²) in [6, 6.07) is 20.8. The number of fused-ring (bicyclic) bond motifs is 1. The van der Waals surface area contributed by atoms with E-state index >= 15 is 0 Å². The van der Waals surface area contributed by atoms with Gasteiger partial charge >= 0.3 is 0 Å². The number of nitro benzene ring substituents is 1. The van der Waals surface area contributed by atoms with Crippen molar-refractivity contribution in [3.63, 3.8) is 0 Å². The summed E-state index contributed by atoms with van der Waals surface area (Å²) in [5.41, 5.74) is 1.79. The van der Waals surface area contributed by atoms with Crippen LogP contribution in [0.4, 0.5) is 39.8 Å². The number of anilines is 2. The van der Waals surface area contributed by atoms with Gasteiger partial charge < -0.3 is 10.4 Å². The molecule has 0 amide bonds. The van der Waals surface area contributed by atoms with E-state index in [1.54, 1.807) is 43.3 Å². The normalized spacial score (nSPS) is 12.2. The van der Waals surface area contributed by atoms with E-state index in [9.17, 15) is 41.2 Å². The summed E-state index contributed by atoms with van der Waals surface area (Å²) in [6.07, 6.45) is 0. The predicted octanol–water partition coefficient (Wildman–Crippen LogP) is 7.83. The summed E-state index contributed by atoms with van der Waals surface area (Å²) < 4.78 is 66.5. The van der Waals surface area contributed by atoms with Crippen LogP contribution in [-0.2, 0) is 20.2 Å². The van der Waals surface area contributed by atoms with Crippen molar-refractivity contribution in [2.75, 3.05) is 5.32 Å². The zero-order valence-corrected chi connectivity index (χ0v) is 25.1. The van der Waals surface area contributed by atoms with E-state index in [2.05, 4.69) is 25.8 Å². The van der Waals surface area contributed by atoms with Crippen molar-refractivity contribution in [1.82, 2.24) is 0 Å². The molecule has 0 saturated carbocycles. The number of nitrogens with zero attached hydrogens (tertiary/aromatic N) is 5. The van der Waals surface area contributed by atoms with E-state index in [0.29, 0.717) is 39.1 Å². The number of azo groups is 2. The smallest absolute Gasteiger partial charge is 0.296 e. The van der Waals surface area contributed by atoms with E-state index in [0.717, 1.165) is 18.2 Å². The molecule has 46 heavy (non-hydrogen) atoms. The number of hydrogen-bond acceptors (Lipinski definition) is 12. The minimum atomic E-state index is -4.78. The van der Waals surface area contributed by atoms with Gasteiger partial charge in [0, 0.05) is 28.6 Å². The first-order valence-electron chi connectivity index (χ1n) is 13.0. The van der Waals surface area contributed by atoms with E-state index in [1.165, 1.54) is 36.4 Å². The summed E-state index contributed by atoms with van der Waals surface area (Å²) in [4.78, 5) is 9.22. The molecule has 0 aliphatic carbocycles.